The summed E-state index contributed by atoms with van der Waals surface area (Å²) in [5.41, 5.74) is 0. The average Bonchev–Trinajstić information content (AvgIpc) is 1.74. The molecule has 95 heavy (non-hydrogen) atoms. The lowest BCUT2D eigenvalue weighted by atomic mass is 9.99. The summed E-state index contributed by atoms with van der Waals surface area (Å²) < 4.78 is 68.5. The van der Waals surface area contributed by atoms with Crippen molar-refractivity contribution in [2.24, 2.45) is 11.8 Å². The highest BCUT2D eigenvalue weighted by Crippen LogP contribution is 2.45. The van der Waals surface area contributed by atoms with Gasteiger partial charge in [-0.1, -0.05) is 343 Å². The number of phosphoric acid groups is 2. The predicted molar refractivity (Wildman–Crippen MR) is 386 cm³/mol. The van der Waals surface area contributed by atoms with Gasteiger partial charge in [-0.2, -0.15) is 0 Å². The van der Waals surface area contributed by atoms with Gasteiger partial charge in [-0.25, -0.2) is 9.13 Å². The highest BCUT2D eigenvalue weighted by Gasteiger charge is 2.30. The van der Waals surface area contributed by atoms with Gasteiger partial charge >= 0.3 is 39.5 Å². The van der Waals surface area contributed by atoms with Crippen molar-refractivity contribution < 1.29 is 80.2 Å². The van der Waals surface area contributed by atoms with Crippen molar-refractivity contribution in [1.29, 1.82) is 0 Å². The molecule has 0 aliphatic rings. The van der Waals surface area contributed by atoms with Gasteiger partial charge in [-0.05, 0) is 37.5 Å². The van der Waals surface area contributed by atoms with Crippen LogP contribution < -0.4 is 0 Å². The number of esters is 4. The molecule has 0 amide bonds. The fourth-order valence-corrected chi connectivity index (χ4v) is 13.2. The Morgan fingerprint density at radius 3 is 0.800 bits per heavy atom. The Morgan fingerprint density at radius 2 is 0.537 bits per heavy atom. The molecule has 0 aromatic carbocycles. The number of aliphatic hydroxyl groups excluding tert-OH is 1. The van der Waals surface area contributed by atoms with Crippen LogP contribution in [0.3, 0.4) is 0 Å². The number of carbonyl (C=O) groups excluding carboxylic acids is 4. The van der Waals surface area contributed by atoms with E-state index in [-0.39, 0.29) is 25.7 Å². The fourth-order valence-electron chi connectivity index (χ4n) is 11.6. The van der Waals surface area contributed by atoms with E-state index in [0.717, 1.165) is 102 Å². The first-order valence-electron chi connectivity index (χ1n) is 39.5. The molecule has 0 saturated carbocycles. The maximum Gasteiger partial charge on any atom is 0.472 e. The normalized spacial score (nSPS) is 14.3. The van der Waals surface area contributed by atoms with Gasteiger partial charge < -0.3 is 33.8 Å². The van der Waals surface area contributed by atoms with E-state index in [1.54, 1.807) is 0 Å². The highest BCUT2D eigenvalue weighted by atomic mass is 31.2. The zero-order valence-corrected chi connectivity index (χ0v) is 63.8. The number of rotatable bonds is 75. The van der Waals surface area contributed by atoms with Gasteiger partial charge in [0.15, 0.2) is 12.2 Å². The molecule has 6 atom stereocenters. The number of unbranched alkanes of at least 4 members (excludes halogenated alkanes) is 44. The molecule has 0 spiro atoms. The standard InChI is InChI=1S/C76H148O17P2/c1-7-10-12-14-16-18-20-22-24-25-27-29-31-33-42-48-54-60-75(80)92-71(64-86-73(78)58-52-46-40-32-30-28-26-23-21-19-17-15-13-11-8-2)66-90-94(82,83)88-62-70(77)63-89-95(84,85)91-67-72(65-87-74(79)59-53-47-41-36-34-38-44-50-56-68(4)5)93-76(81)61-55-49-43-37-35-39-45-51-57-69(6)9-3/h68-72,77H,7-67H2,1-6H3,(H,82,83)(H,84,85)/t69?,70-,71-,72-/m1/s1. The van der Waals surface area contributed by atoms with E-state index < -0.39 is 97.5 Å². The zero-order chi connectivity index (χ0) is 70.0. The highest BCUT2D eigenvalue weighted by molar-refractivity contribution is 7.47. The number of hydrogen-bond donors (Lipinski definition) is 3. The number of aliphatic hydroxyl groups is 1. The summed E-state index contributed by atoms with van der Waals surface area (Å²) in [6.07, 6.45) is 55.4. The molecule has 17 nitrogen and oxygen atoms in total. The van der Waals surface area contributed by atoms with Gasteiger partial charge in [0.05, 0.1) is 26.4 Å². The van der Waals surface area contributed by atoms with Crippen molar-refractivity contribution in [3.63, 3.8) is 0 Å². The third kappa shape index (κ3) is 69.0. The molecule has 0 saturated heterocycles. The van der Waals surface area contributed by atoms with E-state index >= 15 is 0 Å². The number of phosphoric ester groups is 2. The van der Waals surface area contributed by atoms with Crippen molar-refractivity contribution in [2.45, 2.75) is 413 Å². The van der Waals surface area contributed by atoms with E-state index in [9.17, 15) is 43.2 Å². The molecule has 0 fully saturated rings. The first-order valence-corrected chi connectivity index (χ1v) is 42.5. The first-order chi connectivity index (χ1) is 45.9. The van der Waals surface area contributed by atoms with Crippen LogP contribution in [0.15, 0.2) is 0 Å². The van der Waals surface area contributed by atoms with E-state index in [0.29, 0.717) is 25.7 Å². The van der Waals surface area contributed by atoms with Gasteiger partial charge in [0.1, 0.15) is 19.3 Å². The topological polar surface area (TPSA) is 237 Å². The molecular formula is C76H148O17P2. The van der Waals surface area contributed by atoms with Gasteiger partial charge in [0.2, 0.25) is 0 Å². The largest absolute Gasteiger partial charge is 0.472 e. The fraction of sp³-hybridized carbons (Fsp3) is 0.947. The second-order valence-electron chi connectivity index (χ2n) is 28.1. The number of hydrogen-bond acceptors (Lipinski definition) is 15. The van der Waals surface area contributed by atoms with Gasteiger partial charge in [0, 0.05) is 25.7 Å². The van der Waals surface area contributed by atoms with E-state index in [1.807, 2.05) is 0 Å². The maximum atomic E-state index is 13.1. The second-order valence-corrected chi connectivity index (χ2v) is 31.0. The lowest BCUT2D eigenvalue weighted by molar-refractivity contribution is -0.161. The molecular weight excluding hydrogens is 1250 g/mol. The summed E-state index contributed by atoms with van der Waals surface area (Å²) in [5, 5.41) is 10.6. The summed E-state index contributed by atoms with van der Waals surface area (Å²) in [6.45, 7) is 9.56. The lowest BCUT2D eigenvalue weighted by Gasteiger charge is -2.21. The maximum absolute atomic E-state index is 13.1. The van der Waals surface area contributed by atoms with E-state index in [1.165, 1.54) is 212 Å². The molecule has 0 heterocycles. The molecule has 19 heteroatoms. The molecule has 0 aromatic rings. The molecule has 3 N–H and O–H groups in total. The monoisotopic (exact) mass is 1400 g/mol. The zero-order valence-electron chi connectivity index (χ0n) is 62.0. The summed E-state index contributed by atoms with van der Waals surface area (Å²) >= 11 is 0. The Morgan fingerprint density at radius 1 is 0.305 bits per heavy atom. The van der Waals surface area contributed by atoms with Crippen LogP contribution in [0.25, 0.3) is 0 Å². The molecule has 0 aliphatic carbocycles. The minimum Gasteiger partial charge on any atom is -0.462 e. The Balaban J connectivity index is 5.25. The van der Waals surface area contributed by atoms with Crippen LogP contribution >= 0.6 is 15.6 Å². The Bertz CT molecular complexity index is 1840. The van der Waals surface area contributed by atoms with Crippen molar-refractivity contribution in [2.75, 3.05) is 39.6 Å². The lowest BCUT2D eigenvalue weighted by Crippen LogP contribution is -2.30. The van der Waals surface area contributed by atoms with Crippen LogP contribution in [-0.2, 0) is 65.4 Å². The van der Waals surface area contributed by atoms with Gasteiger partial charge in [-0.15, -0.1) is 0 Å². The van der Waals surface area contributed by atoms with E-state index in [2.05, 4.69) is 41.5 Å². The summed E-state index contributed by atoms with van der Waals surface area (Å²) in [4.78, 5) is 72.8. The molecule has 0 aliphatic heterocycles. The smallest absolute Gasteiger partial charge is 0.462 e. The summed E-state index contributed by atoms with van der Waals surface area (Å²) in [5.74, 6) is -0.620. The molecule has 0 aromatic heterocycles. The number of ether oxygens (including phenoxy) is 4. The van der Waals surface area contributed by atoms with E-state index in [4.69, 9.17) is 37.0 Å². The van der Waals surface area contributed by atoms with Crippen LogP contribution in [0.5, 0.6) is 0 Å². The molecule has 0 radical (unpaired) electrons. The van der Waals surface area contributed by atoms with Crippen LogP contribution in [0, 0.1) is 11.8 Å². The summed E-state index contributed by atoms with van der Waals surface area (Å²) in [6, 6.07) is 0. The number of carbonyl (C=O) groups is 4. The van der Waals surface area contributed by atoms with Crippen LogP contribution in [0.4, 0.5) is 0 Å². The minimum absolute atomic E-state index is 0.105. The van der Waals surface area contributed by atoms with Gasteiger partial charge in [0.25, 0.3) is 0 Å². The predicted octanol–water partition coefficient (Wildman–Crippen LogP) is 22.3. The van der Waals surface area contributed by atoms with Gasteiger partial charge in [-0.3, -0.25) is 37.3 Å². The van der Waals surface area contributed by atoms with Crippen molar-refractivity contribution in [1.82, 2.24) is 0 Å². The molecule has 3 unspecified atom stereocenters. The average molecular weight is 1400 g/mol. The molecule has 0 rings (SSSR count). The molecule has 0 bridgehead atoms. The minimum atomic E-state index is -4.96. The Kier molecular flexibility index (Phi) is 66.5. The third-order valence-corrected chi connectivity index (χ3v) is 20.0. The van der Waals surface area contributed by atoms with Crippen molar-refractivity contribution in [3.05, 3.63) is 0 Å². The first kappa shape index (κ1) is 93.1. The quantitative estimate of drug-likeness (QED) is 0.0222. The van der Waals surface area contributed by atoms with Crippen molar-refractivity contribution in [3.8, 4) is 0 Å². The van der Waals surface area contributed by atoms with Crippen LogP contribution in [0.1, 0.15) is 395 Å². The Labute approximate surface area is 581 Å². The van der Waals surface area contributed by atoms with Crippen molar-refractivity contribution >= 4 is 39.5 Å². The third-order valence-electron chi connectivity index (χ3n) is 18.1. The van der Waals surface area contributed by atoms with Crippen LogP contribution in [0.2, 0.25) is 0 Å². The molecule has 564 valence electrons. The SMILES string of the molecule is CCCCCCCCCCCCCCCCCCCC(=O)O[C@H](COC(=O)CCCCCCCCCCCCCCCCC)COP(=O)(O)OC[C@@H](O)COP(=O)(O)OC[C@@H](COC(=O)CCCCCCCCCCC(C)C)OC(=O)CCCCCCCCCCC(C)CC. The van der Waals surface area contributed by atoms with Crippen LogP contribution in [-0.4, -0.2) is 96.7 Å². The Hall–Kier alpha value is -1.94. The second kappa shape index (κ2) is 67.9. The summed E-state index contributed by atoms with van der Waals surface area (Å²) in [7, 11) is -9.91.